The van der Waals surface area contributed by atoms with Gasteiger partial charge in [0.1, 0.15) is 5.82 Å². The van der Waals surface area contributed by atoms with Crippen molar-refractivity contribution >= 4 is 17.3 Å². The maximum Gasteiger partial charge on any atom is 0.241 e. The predicted molar refractivity (Wildman–Crippen MR) is 75.0 cm³/mol. The monoisotopic (exact) mass is 265 g/mol. The number of nitrogens with zero attached hydrogens (tertiary/aromatic N) is 1. The van der Waals surface area contributed by atoms with Crippen LogP contribution in [0.4, 0.5) is 15.8 Å². The summed E-state index contributed by atoms with van der Waals surface area (Å²) < 4.78 is 14.0. The topological polar surface area (TPSA) is 44.4 Å². The molecule has 2 rings (SSSR count). The van der Waals surface area contributed by atoms with Gasteiger partial charge in [-0.25, -0.2) is 4.39 Å². The van der Waals surface area contributed by atoms with Gasteiger partial charge in [-0.1, -0.05) is 0 Å². The van der Waals surface area contributed by atoms with Crippen LogP contribution in [-0.4, -0.2) is 32.1 Å². The fourth-order valence-corrected chi connectivity index (χ4v) is 2.18. The lowest BCUT2D eigenvalue weighted by Gasteiger charge is -2.19. The molecule has 0 aromatic heterocycles. The second kappa shape index (κ2) is 6.02. The molecule has 0 spiro atoms. The second-order valence-corrected chi connectivity index (χ2v) is 4.86. The van der Waals surface area contributed by atoms with Gasteiger partial charge in [-0.05, 0) is 45.0 Å². The molecule has 0 bridgehead atoms. The van der Waals surface area contributed by atoms with Crippen LogP contribution < -0.4 is 15.5 Å². The second-order valence-electron chi connectivity index (χ2n) is 4.86. The number of halogens is 1. The number of anilines is 2. The highest BCUT2D eigenvalue weighted by Crippen LogP contribution is 2.26. The van der Waals surface area contributed by atoms with Gasteiger partial charge in [-0.2, -0.15) is 0 Å². The minimum Gasteiger partial charge on any atom is -0.369 e. The highest BCUT2D eigenvalue weighted by atomic mass is 19.1. The minimum atomic E-state index is -0.304. The first-order valence-corrected chi connectivity index (χ1v) is 6.64. The van der Waals surface area contributed by atoms with Crippen LogP contribution in [0.1, 0.15) is 19.8 Å². The van der Waals surface area contributed by atoms with Crippen LogP contribution in [0.2, 0.25) is 0 Å². The molecule has 1 fully saturated rings. The van der Waals surface area contributed by atoms with E-state index in [9.17, 15) is 9.18 Å². The first-order valence-electron chi connectivity index (χ1n) is 6.64. The largest absolute Gasteiger partial charge is 0.369 e. The smallest absolute Gasteiger partial charge is 0.241 e. The molecule has 0 aliphatic carbocycles. The third-order valence-corrected chi connectivity index (χ3v) is 3.49. The van der Waals surface area contributed by atoms with E-state index in [0.29, 0.717) is 11.4 Å². The molecule has 0 saturated carbocycles. The van der Waals surface area contributed by atoms with Crippen molar-refractivity contribution in [1.82, 2.24) is 5.32 Å². The minimum absolute atomic E-state index is 0.171. The lowest BCUT2D eigenvalue weighted by molar-refractivity contribution is -0.117. The molecular formula is C14H20FN3O. The van der Waals surface area contributed by atoms with Gasteiger partial charge < -0.3 is 15.5 Å². The van der Waals surface area contributed by atoms with Crippen molar-refractivity contribution < 1.29 is 9.18 Å². The van der Waals surface area contributed by atoms with Gasteiger partial charge in [0.2, 0.25) is 5.91 Å². The van der Waals surface area contributed by atoms with Crippen LogP contribution in [0.25, 0.3) is 0 Å². The first kappa shape index (κ1) is 13.8. The van der Waals surface area contributed by atoms with Gasteiger partial charge in [0.15, 0.2) is 0 Å². The zero-order valence-electron chi connectivity index (χ0n) is 11.4. The molecule has 5 heteroatoms. The summed E-state index contributed by atoms with van der Waals surface area (Å²) in [6.45, 7) is 3.56. The van der Waals surface area contributed by atoms with E-state index in [0.717, 1.165) is 25.9 Å². The van der Waals surface area contributed by atoms with Crippen molar-refractivity contribution in [2.24, 2.45) is 0 Å². The number of carbonyl (C=O) groups excluding carboxylic acids is 1. The molecule has 1 amide bonds. The van der Waals surface area contributed by atoms with Crippen LogP contribution in [-0.2, 0) is 4.79 Å². The van der Waals surface area contributed by atoms with Crippen LogP contribution in [0.15, 0.2) is 18.2 Å². The van der Waals surface area contributed by atoms with Gasteiger partial charge in [0, 0.05) is 18.8 Å². The lowest BCUT2D eigenvalue weighted by atomic mass is 10.2. The highest BCUT2D eigenvalue weighted by molar-refractivity contribution is 5.94. The summed E-state index contributed by atoms with van der Waals surface area (Å²) in [6.07, 6.45) is 2.22. The Balaban J connectivity index is 2.08. The van der Waals surface area contributed by atoms with Crippen molar-refractivity contribution in [2.75, 3.05) is 30.4 Å². The molecule has 1 saturated heterocycles. The molecule has 2 N–H and O–H groups in total. The molecule has 19 heavy (non-hydrogen) atoms. The molecule has 1 aliphatic rings. The van der Waals surface area contributed by atoms with Crippen molar-refractivity contribution in [3.8, 4) is 0 Å². The van der Waals surface area contributed by atoms with Crippen LogP contribution in [0, 0.1) is 5.82 Å². The summed E-state index contributed by atoms with van der Waals surface area (Å²) in [4.78, 5) is 13.7. The Morgan fingerprint density at radius 3 is 2.63 bits per heavy atom. The molecule has 1 heterocycles. The maximum atomic E-state index is 14.0. The number of carbonyl (C=O) groups is 1. The Morgan fingerprint density at radius 2 is 2.05 bits per heavy atom. The van der Waals surface area contributed by atoms with Crippen molar-refractivity contribution in [3.63, 3.8) is 0 Å². The average Bonchev–Trinajstić information content (AvgIpc) is 2.91. The predicted octanol–water partition coefficient (Wildman–Crippen LogP) is 1.97. The van der Waals surface area contributed by atoms with E-state index in [1.807, 2.05) is 4.90 Å². The van der Waals surface area contributed by atoms with E-state index in [-0.39, 0.29) is 17.8 Å². The van der Waals surface area contributed by atoms with Gasteiger partial charge in [0.05, 0.1) is 11.7 Å². The number of likely N-dealkylation sites (N-methyl/N-ethyl adjacent to an activating group) is 1. The summed E-state index contributed by atoms with van der Waals surface area (Å²) in [5, 5.41) is 5.53. The zero-order valence-corrected chi connectivity index (χ0v) is 11.4. The van der Waals surface area contributed by atoms with E-state index in [1.165, 1.54) is 6.07 Å². The maximum absolute atomic E-state index is 14.0. The standard InChI is InChI=1S/C14H20FN3O/c1-10(16-2)14(19)17-11-5-6-13(12(15)9-11)18-7-3-4-8-18/h5-6,9-10,16H,3-4,7-8H2,1-2H3,(H,17,19). The molecule has 1 atom stereocenters. The normalized spacial score (nSPS) is 16.5. The SMILES string of the molecule is CNC(C)C(=O)Nc1ccc(N2CCCC2)c(F)c1. The Morgan fingerprint density at radius 1 is 1.37 bits per heavy atom. The molecule has 104 valence electrons. The fourth-order valence-electron chi connectivity index (χ4n) is 2.18. The van der Waals surface area contributed by atoms with Crippen molar-refractivity contribution in [1.29, 1.82) is 0 Å². The van der Waals surface area contributed by atoms with Gasteiger partial charge in [-0.15, -0.1) is 0 Å². The van der Waals surface area contributed by atoms with Crippen LogP contribution >= 0.6 is 0 Å². The summed E-state index contributed by atoms with van der Waals surface area (Å²) >= 11 is 0. The molecule has 1 aromatic rings. The molecule has 1 aliphatic heterocycles. The summed E-state index contributed by atoms with van der Waals surface area (Å²) in [5.74, 6) is -0.451. The van der Waals surface area contributed by atoms with Crippen molar-refractivity contribution in [2.45, 2.75) is 25.8 Å². The Labute approximate surface area is 113 Å². The summed E-state index contributed by atoms with van der Waals surface area (Å²) in [7, 11) is 1.71. The highest BCUT2D eigenvalue weighted by Gasteiger charge is 2.17. The molecule has 4 nitrogen and oxygen atoms in total. The molecule has 0 radical (unpaired) electrons. The average molecular weight is 265 g/mol. The fraction of sp³-hybridized carbons (Fsp3) is 0.500. The van der Waals surface area contributed by atoms with Crippen molar-refractivity contribution in [3.05, 3.63) is 24.0 Å². The number of nitrogens with one attached hydrogen (secondary N) is 2. The number of benzene rings is 1. The number of amides is 1. The van der Waals surface area contributed by atoms with Crippen LogP contribution in [0.3, 0.4) is 0 Å². The van der Waals surface area contributed by atoms with E-state index in [4.69, 9.17) is 0 Å². The van der Waals surface area contributed by atoms with Crippen LogP contribution in [0.5, 0.6) is 0 Å². The first-order chi connectivity index (χ1) is 9.11. The third kappa shape index (κ3) is 3.23. The lowest BCUT2D eigenvalue weighted by Crippen LogP contribution is -2.35. The van der Waals surface area contributed by atoms with E-state index in [2.05, 4.69) is 10.6 Å². The number of hydrogen-bond acceptors (Lipinski definition) is 3. The van der Waals surface area contributed by atoms with E-state index < -0.39 is 0 Å². The third-order valence-electron chi connectivity index (χ3n) is 3.49. The van der Waals surface area contributed by atoms with Gasteiger partial charge in [0.25, 0.3) is 0 Å². The molecule has 1 unspecified atom stereocenters. The molecule has 1 aromatic carbocycles. The zero-order chi connectivity index (χ0) is 13.8. The number of rotatable bonds is 4. The van der Waals surface area contributed by atoms with Gasteiger partial charge >= 0.3 is 0 Å². The Kier molecular flexibility index (Phi) is 4.37. The summed E-state index contributed by atoms with van der Waals surface area (Å²) in [5.41, 5.74) is 1.12. The Bertz CT molecular complexity index is 458. The quantitative estimate of drug-likeness (QED) is 0.875. The van der Waals surface area contributed by atoms with Gasteiger partial charge in [-0.3, -0.25) is 4.79 Å². The Hall–Kier alpha value is -1.62. The summed E-state index contributed by atoms with van der Waals surface area (Å²) in [6, 6.07) is 4.56. The molecular weight excluding hydrogens is 245 g/mol. The number of hydrogen-bond donors (Lipinski definition) is 2. The van der Waals surface area contributed by atoms with E-state index in [1.54, 1.807) is 26.1 Å². The van der Waals surface area contributed by atoms with E-state index >= 15 is 0 Å².